The Morgan fingerprint density at radius 1 is 1.24 bits per heavy atom. The summed E-state index contributed by atoms with van der Waals surface area (Å²) in [5.41, 5.74) is 0.975. The number of unbranched alkanes of at least 4 members (excludes halogenated alkanes) is 1. The highest BCUT2D eigenvalue weighted by Gasteiger charge is 2.35. The minimum Gasteiger partial charge on any atom is -0.503 e. The number of nitrogens with one attached hydrogen (secondary N) is 1. The highest BCUT2D eigenvalue weighted by Crippen LogP contribution is 2.30. The molecule has 8 nitrogen and oxygen atoms in total. The van der Waals surface area contributed by atoms with Crippen LogP contribution in [0.25, 0.3) is 0 Å². The predicted molar refractivity (Wildman–Crippen MR) is 127 cm³/mol. The number of aromatic nitrogens is 1. The van der Waals surface area contributed by atoms with E-state index in [1.54, 1.807) is 0 Å². The minimum absolute atomic E-state index is 0.0339. The van der Waals surface area contributed by atoms with E-state index >= 15 is 0 Å². The number of benzene rings is 1. The van der Waals surface area contributed by atoms with Gasteiger partial charge in [0.25, 0.3) is 5.91 Å². The lowest BCUT2D eigenvalue weighted by atomic mass is 9.81. The Balaban J connectivity index is 1.76. The summed E-state index contributed by atoms with van der Waals surface area (Å²) in [7, 11) is 1.38. The molecule has 1 fully saturated rings. The van der Waals surface area contributed by atoms with Gasteiger partial charge < -0.3 is 24.6 Å². The Kier molecular flexibility index (Phi) is 9.27. The van der Waals surface area contributed by atoms with Crippen LogP contribution in [0.4, 0.5) is 0 Å². The molecule has 0 spiro atoms. The molecule has 1 amide bonds. The summed E-state index contributed by atoms with van der Waals surface area (Å²) in [6.07, 6.45) is 4.82. The van der Waals surface area contributed by atoms with Gasteiger partial charge in [0, 0.05) is 18.2 Å². The van der Waals surface area contributed by atoms with Crippen LogP contribution in [0.5, 0.6) is 11.5 Å². The van der Waals surface area contributed by atoms with Crippen LogP contribution in [0.2, 0.25) is 0 Å². The van der Waals surface area contributed by atoms with Gasteiger partial charge in [0.05, 0.1) is 20.3 Å². The summed E-state index contributed by atoms with van der Waals surface area (Å²) < 4.78 is 16.8. The number of pyridine rings is 1. The van der Waals surface area contributed by atoms with Crippen LogP contribution in [-0.4, -0.2) is 54.4 Å². The molecule has 1 aliphatic heterocycles. The van der Waals surface area contributed by atoms with Crippen molar-refractivity contribution in [3.8, 4) is 11.5 Å². The van der Waals surface area contributed by atoms with E-state index in [2.05, 4.69) is 29.4 Å². The van der Waals surface area contributed by atoms with Gasteiger partial charge in [-0.25, -0.2) is 9.78 Å². The summed E-state index contributed by atoms with van der Waals surface area (Å²) in [5, 5.41) is 12.8. The fourth-order valence-corrected chi connectivity index (χ4v) is 4.40. The summed E-state index contributed by atoms with van der Waals surface area (Å²) in [5.74, 6) is -1.26. The normalized spacial score (nSPS) is 23.2. The van der Waals surface area contributed by atoms with Crippen LogP contribution >= 0.6 is 0 Å². The first kappa shape index (κ1) is 25.5. The molecular weight excluding hydrogens is 436 g/mol. The third-order valence-electron chi connectivity index (χ3n) is 6.27. The molecule has 8 heteroatoms. The van der Waals surface area contributed by atoms with Gasteiger partial charge in [-0.1, -0.05) is 50.1 Å². The average molecular weight is 471 g/mol. The quantitative estimate of drug-likeness (QED) is 0.569. The molecule has 1 aromatic carbocycles. The number of esters is 1. The molecule has 1 saturated heterocycles. The molecule has 184 valence electrons. The van der Waals surface area contributed by atoms with Gasteiger partial charge in [0.1, 0.15) is 6.10 Å². The smallest absolute Gasteiger partial charge is 0.331 e. The third kappa shape index (κ3) is 6.47. The average Bonchev–Trinajstić information content (AvgIpc) is 2.88. The lowest BCUT2D eigenvalue weighted by Crippen LogP contribution is -2.46. The van der Waals surface area contributed by atoms with E-state index in [9.17, 15) is 14.7 Å². The number of carbonyl (C=O) groups excluding carboxylic acids is 2. The lowest BCUT2D eigenvalue weighted by Gasteiger charge is -2.31. The van der Waals surface area contributed by atoms with Gasteiger partial charge in [-0.2, -0.15) is 0 Å². The van der Waals surface area contributed by atoms with Crippen LogP contribution < -0.4 is 10.1 Å². The van der Waals surface area contributed by atoms with Crippen molar-refractivity contribution in [3.63, 3.8) is 0 Å². The van der Waals surface area contributed by atoms with Gasteiger partial charge >= 0.3 is 5.97 Å². The number of aromatic hydroxyl groups is 1. The second-order valence-electron chi connectivity index (χ2n) is 8.67. The van der Waals surface area contributed by atoms with E-state index in [1.807, 2.05) is 25.1 Å². The first-order valence-corrected chi connectivity index (χ1v) is 11.8. The zero-order valence-corrected chi connectivity index (χ0v) is 20.0. The molecule has 4 atom stereocenters. The monoisotopic (exact) mass is 470 g/mol. The Bertz CT molecular complexity index is 952. The van der Waals surface area contributed by atoms with Gasteiger partial charge in [0.2, 0.25) is 0 Å². The Morgan fingerprint density at radius 2 is 2.00 bits per heavy atom. The standard InChI is InChI=1S/C26H34N2O6/c1-4-5-11-20-17(2)34-26(31)21(16-33-15-19(20)14-18-9-7-6-8-10-18)28-25(30)23-24(29)22(32-3)12-13-27-23/h6-10,12-13,17,19-21,29H,4-5,11,14-16H2,1-3H3,(H,28,30)/t17-,19-,20-,21-/m0/s1. The van der Waals surface area contributed by atoms with E-state index in [0.717, 1.165) is 25.7 Å². The molecule has 0 radical (unpaired) electrons. The van der Waals surface area contributed by atoms with E-state index in [-0.39, 0.29) is 36.0 Å². The summed E-state index contributed by atoms with van der Waals surface area (Å²) >= 11 is 0. The molecule has 2 aromatic rings. The summed E-state index contributed by atoms with van der Waals surface area (Å²) in [6, 6.07) is 10.6. The van der Waals surface area contributed by atoms with Crippen LogP contribution in [0.15, 0.2) is 42.6 Å². The fraction of sp³-hybridized carbons (Fsp3) is 0.500. The topological polar surface area (TPSA) is 107 Å². The van der Waals surface area contributed by atoms with Crippen molar-refractivity contribution in [2.45, 2.75) is 51.7 Å². The Morgan fingerprint density at radius 3 is 2.71 bits per heavy atom. The zero-order valence-electron chi connectivity index (χ0n) is 20.0. The zero-order chi connectivity index (χ0) is 24.5. The molecular formula is C26H34N2O6. The van der Waals surface area contributed by atoms with E-state index in [4.69, 9.17) is 14.2 Å². The molecule has 2 N–H and O–H groups in total. The molecule has 0 saturated carbocycles. The van der Waals surface area contributed by atoms with Gasteiger partial charge in [-0.05, 0) is 31.2 Å². The highest BCUT2D eigenvalue weighted by atomic mass is 16.6. The number of hydrogen-bond donors (Lipinski definition) is 2. The lowest BCUT2D eigenvalue weighted by molar-refractivity contribution is -0.154. The third-order valence-corrected chi connectivity index (χ3v) is 6.27. The maximum absolute atomic E-state index is 13.0. The minimum atomic E-state index is -1.02. The number of hydrogen-bond acceptors (Lipinski definition) is 7. The fourth-order valence-electron chi connectivity index (χ4n) is 4.40. The van der Waals surface area contributed by atoms with Gasteiger partial charge in [-0.3, -0.25) is 4.79 Å². The number of cyclic esters (lactones) is 1. The van der Waals surface area contributed by atoms with Gasteiger partial charge in [-0.15, -0.1) is 0 Å². The van der Waals surface area contributed by atoms with Crippen molar-refractivity contribution in [3.05, 3.63) is 53.9 Å². The van der Waals surface area contributed by atoms with E-state index in [1.165, 1.54) is 24.9 Å². The number of nitrogens with zero attached hydrogens (tertiary/aromatic N) is 1. The largest absolute Gasteiger partial charge is 0.503 e. The molecule has 3 rings (SSSR count). The molecule has 2 heterocycles. The SMILES string of the molecule is CCCC[C@@H]1[C@@H](Cc2ccccc2)COC[C@H](NC(=O)c2nccc(OC)c2O)C(=O)O[C@H]1C. The number of ether oxygens (including phenoxy) is 3. The summed E-state index contributed by atoms with van der Waals surface area (Å²) in [6.45, 7) is 4.46. The van der Waals surface area contributed by atoms with E-state index in [0.29, 0.717) is 6.61 Å². The second-order valence-corrected chi connectivity index (χ2v) is 8.67. The second kappa shape index (κ2) is 12.4. The maximum atomic E-state index is 13.0. The van der Waals surface area contributed by atoms with Crippen LogP contribution in [-0.2, 0) is 20.7 Å². The number of amides is 1. The van der Waals surface area contributed by atoms with Crippen LogP contribution in [0.1, 0.15) is 49.2 Å². The highest BCUT2D eigenvalue weighted by molar-refractivity contribution is 5.98. The van der Waals surface area contributed by atoms with Crippen molar-refractivity contribution < 1.29 is 28.9 Å². The predicted octanol–water partition coefficient (Wildman–Crippen LogP) is 3.52. The van der Waals surface area contributed by atoms with E-state index < -0.39 is 23.7 Å². The number of rotatable bonds is 8. The molecule has 34 heavy (non-hydrogen) atoms. The van der Waals surface area contributed by atoms with Crippen molar-refractivity contribution in [2.24, 2.45) is 11.8 Å². The first-order chi connectivity index (χ1) is 16.4. The molecule has 1 aromatic heterocycles. The van der Waals surface area contributed by atoms with Crippen molar-refractivity contribution >= 4 is 11.9 Å². The Labute approximate surface area is 200 Å². The molecule has 0 unspecified atom stereocenters. The summed E-state index contributed by atoms with van der Waals surface area (Å²) in [4.78, 5) is 29.7. The molecule has 0 aliphatic carbocycles. The van der Waals surface area contributed by atoms with Crippen LogP contribution in [0, 0.1) is 11.8 Å². The number of carbonyl (C=O) groups is 2. The van der Waals surface area contributed by atoms with Crippen molar-refractivity contribution in [1.29, 1.82) is 0 Å². The maximum Gasteiger partial charge on any atom is 0.331 e. The van der Waals surface area contributed by atoms with Gasteiger partial charge in [0.15, 0.2) is 23.2 Å². The molecule has 0 bridgehead atoms. The Hall–Kier alpha value is -3.13. The van der Waals surface area contributed by atoms with Crippen LogP contribution in [0.3, 0.4) is 0 Å². The first-order valence-electron chi connectivity index (χ1n) is 11.8. The van der Waals surface area contributed by atoms with Crippen molar-refractivity contribution in [1.82, 2.24) is 10.3 Å². The molecule has 1 aliphatic rings. The number of methoxy groups -OCH3 is 1. The van der Waals surface area contributed by atoms with Crippen molar-refractivity contribution in [2.75, 3.05) is 20.3 Å².